The predicted molar refractivity (Wildman–Crippen MR) is 72.4 cm³/mol. The summed E-state index contributed by atoms with van der Waals surface area (Å²) in [6, 6.07) is 5.39. The van der Waals surface area contributed by atoms with Gasteiger partial charge >= 0.3 is 5.97 Å². The molecule has 2 rings (SSSR count). The van der Waals surface area contributed by atoms with Crippen molar-refractivity contribution in [2.75, 3.05) is 0 Å². The first kappa shape index (κ1) is 12.8. The molecule has 4 nitrogen and oxygen atoms in total. The average Bonchev–Trinajstić information content (AvgIpc) is 2.62. The molecular formula is C13H12BrNO3. The highest BCUT2D eigenvalue weighted by Gasteiger charge is 2.23. The molecule has 94 valence electrons. The number of carboxylic acids is 1. The van der Waals surface area contributed by atoms with Crippen molar-refractivity contribution in [3.05, 3.63) is 33.9 Å². The summed E-state index contributed by atoms with van der Waals surface area (Å²) < 4.78 is 2.49. The van der Waals surface area contributed by atoms with Gasteiger partial charge in [-0.3, -0.25) is 4.79 Å². The van der Waals surface area contributed by atoms with E-state index in [0.717, 1.165) is 9.99 Å². The van der Waals surface area contributed by atoms with Gasteiger partial charge in [0.15, 0.2) is 6.29 Å². The first-order valence-corrected chi connectivity index (χ1v) is 6.28. The predicted octanol–water partition coefficient (Wildman–Crippen LogP) is 3.50. The number of hydrogen-bond donors (Lipinski definition) is 1. The van der Waals surface area contributed by atoms with Crippen LogP contribution in [-0.2, 0) is 0 Å². The van der Waals surface area contributed by atoms with E-state index >= 15 is 0 Å². The van der Waals surface area contributed by atoms with Crippen LogP contribution in [0.5, 0.6) is 0 Å². The molecule has 1 heterocycles. The Balaban J connectivity index is 2.99. The maximum atomic E-state index is 11.4. The van der Waals surface area contributed by atoms with Crippen molar-refractivity contribution in [1.82, 2.24) is 4.57 Å². The van der Waals surface area contributed by atoms with Gasteiger partial charge in [0, 0.05) is 21.4 Å². The van der Waals surface area contributed by atoms with Crippen LogP contribution in [0.2, 0.25) is 0 Å². The van der Waals surface area contributed by atoms with Crippen LogP contribution in [0, 0.1) is 0 Å². The molecule has 0 aliphatic carbocycles. The second-order valence-corrected chi connectivity index (χ2v) is 5.23. The Morgan fingerprint density at radius 1 is 1.44 bits per heavy atom. The van der Waals surface area contributed by atoms with Gasteiger partial charge in [0.1, 0.15) is 5.69 Å². The summed E-state index contributed by atoms with van der Waals surface area (Å²) in [5, 5.41) is 9.96. The second kappa shape index (κ2) is 4.57. The minimum atomic E-state index is -1.09. The van der Waals surface area contributed by atoms with E-state index in [9.17, 15) is 14.7 Å². The Hall–Kier alpha value is -1.62. The number of aldehydes is 1. The minimum Gasteiger partial charge on any atom is -0.477 e. The molecule has 0 fully saturated rings. The SMILES string of the molecule is CC(C)n1c(C(=O)O)c(C=O)c2cc(Br)ccc21. The van der Waals surface area contributed by atoms with Crippen LogP contribution < -0.4 is 0 Å². The lowest BCUT2D eigenvalue weighted by Gasteiger charge is -2.12. The van der Waals surface area contributed by atoms with Crippen LogP contribution in [0.15, 0.2) is 22.7 Å². The Kier molecular flexibility index (Phi) is 3.26. The normalized spacial score (nSPS) is 11.1. The van der Waals surface area contributed by atoms with E-state index in [0.29, 0.717) is 11.7 Å². The van der Waals surface area contributed by atoms with Crippen LogP contribution in [0.3, 0.4) is 0 Å². The number of aromatic nitrogens is 1. The van der Waals surface area contributed by atoms with Crippen molar-refractivity contribution in [2.24, 2.45) is 0 Å². The number of carbonyl (C=O) groups is 2. The summed E-state index contributed by atoms with van der Waals surface area (Å²) in [7, 11) is 0. The molecule has 5 heteroatoms. The third kappa shape index (κ3) is 1.84. The molecule has 0 radical (unpaired) electrons. The van der Waals surface area contributed by atoms with Crippen molar-refractivity contribution in [3.63, 3.8) is 0 Å². The number of hydrogen-bond acceptors (Lipinski definition) is 2. The lowest BCUT2D eigenvalue weighted by atomic mass is 10.1. The molecule has 2 aromatic rings. The van der Waals surface area contributed by atoms with E-state index in [2.05, 4.69) is 15.9 Å². The quantitative estimate of drug-likeness (QED) is 0.883. The number of aromatic carboxylic acids is 1. The summed E-state index contributed by atoms with van der Waals surface area (Å²) in [6.07, 6.45) is 0.608. The highest BCUT2D eigenvalue weighted by molar-refractivity contribution is 9.10. The third-order valence-corrected chi connectivity index (χ3v) is 3.33. The molecule has 0 saturated carbocycles. The molecule has 1 N–H and O–H groups in total. The van der Waals surface area contributed by atoms with E-state index in [1.165, 1.54) is 0 Å². The third-order valence-electron chi connectivity index (χ3n) is 2.84. The average molecular weight is 310 g/mol. The molecule has 0 atom stereocenters. The van der Waals surface area contributed by atoms with Gasteiger partial charge in [0.05, 0.1) is 5.56 Å². The largest absolute Gasteiger partial charge is 0.477 e. The molecule has 0 saturated heterocycles. The van der Waals surface area contributed by atoms with Gasteiger partial charge < -0.3 is 9.67 Å². The molecule has 0 bridgehead atoms. The van der Waals surface area contributed by atoms with Crippen molar-refractivity contribution >= 4 is 39.1 Å². The van der Waals surface area contributed by atoms with E-state index in [4.69, 9.17) is 0 Å². The minimum absolute atomic E-state index is 0.0338. The summed E-state index contributed by atoms with van der Waals surface area (Å²) >= 11 is 3.33. The van der Waals surface area contributed by atoms with Crippen LogP contribution in [-0.4, -0.2) is 21.9 Å². The Bertz CT molecular complexity index is 643. The Morgan fingerprint density at radius 3 is 2.61 bits per heavy atom. The number of fused-ring (bicyclic) bond motifs is 1. The van der Waals surface area contributed by atoms with Gasteiger partial charge in [0.25, 0.3) is 0 Å². The molecule has 0 aliphatic heterocycles. The molecule has 0 unspecified atom stereocenters. The summed E-state index contributed by atoms with van der Waals surface area (Å²) in [4.78, 5) is 22.6. The Morgan fingerprint density at radius 2 is 2.11 bits per heavy atom. The first-order chi connectivity index (χ1) is 8.47. The number of carbonyl (C=O) groups excluding carboxylic acids is 1. The monoisotopic (exact) mass is 309 g/mol. The number of rotatable bonds is 3. The molecule has 18 heavy (non-hydrogen) atoms. The van der Waals surface area contributed by atoms with Crippen LogP contribution in [0.4, 0.5) is 0 Å². The first-order valence-electron chi connectivity index (χ1n) is 5.49. The van der Waals surface area contributed by atoms with E-state index in [1.807, 2.05) is 26.0 Å². The van der Waals surface area contributed by atoms with Crippen LogP contribution in [0.25, 0.3) is 10.9 Å². The number of halogens is 1. The van der Waals surface area contributed by atoms with Crippen molar-refractivity contribution in [3.8, 4) is 0 Å². The van der Waals surface area contributed by atoms with Crippen LogP contribution >= 0.6 is 15.9 Å². The molecule has 0 amide bonds. The molecule has 0 spiro atoms. The van der Waals surface area contributed by atoms with Gasteiger partial charge in [-0.15, -0.1) is 0 Å². The van der Waals surface area contributed by atoms with Gasteiger partial charge in [-0.25, -0.2) is 4.79 Å². The van der Waals surface area contributed by atoms with E-state index in [1.54, 1.807) is 10.6 Å². The van der Waals surface area contributed by atoms with Gasteiger partial charge in [0.2, 0.25) is 0 Å². The van der Waals surface area contributed by atoms with Crippen molar-refractivity contribution in [2.45, 2.75) is 19.9 Å². The lowest BCUT2D eigenvalue weighted by molar-refractivity contribution is 0.0681. The fraction of sp³-hybridized carbons (Fsp3) is 0.231. The molecule has 1 aromatic heterocycles. The zero-order valence-corrected chi connectivity index (χ0v) is 11.6. The molecule has 0 aliphatic rings. The zero-order valence-electron chi connectivity index (χ0n) is 9.98. The Labute approximate surface area is 112 Å². The maximum absolute atomic E-state index is 11.4. The number of benzene rings is 1. The smallest absolute Gasteiger partial charge is 0.353 e. The highest BCUT2D eigenvalue weighted by atomic mass is 79.9. The summed E-state index contributed by atoms with van der Waals surface area (Å²) in [5.41, 5.74) is 1.04. The standard InChI is InChI=1S/C13H12BrNO3/c1-7(2)15-11-4-3-8(14)5-9(11)10(6-16)12(15)13(17)18/h3-7H,1-2H3,(H,17,18). The molecular weight excluding hydrogens is 298 g/mol. The van der Waals surface area contributed by atoms with Crippen molar-refractivity contribution < 1.29 is 14.7 Å². The lowest BCUT2D eigenvalue weighted by Crippen LogP contribution is -2.12. The van der Waals surface area contributed by atoms with E-state index in [-0.39, 0.29) is 17.3 Å². The van der Waals surface area contributed by atoms with Gasteiger partial charge in [-0.1, -0.05) is 15.9 Å². The summed E-state index contributed by atoms with van der Waals surface area (Å²) in [5.74, 6) is -1.09. The fourth-order valence-electron chi connectivity index (χ4n) is 2.19. The maximum Gasteiger partial charge on any atom is 0.353 e. The second-order valence-electron chi connectivity index (χ2n) is 4.31. The van der Waals surface area contributed by atoms with Crippen molar-refractivity contribution in [1.29, 1.82) is 0 Å². The number of carboxylic acid groups (broad SMARTS) is 1. The zero-order chi connectivity index (χ0) is 13.4. The highest BCUT2D eigenvalue weighted by Crippen LogP contribution is 2.30. The fourth-order valence-corrected chi connectivity index (χ4v) is 2.55. The van der Waals surface area contributed by atoms with Crippen LogP contribution in [0.1, 0.15) is 40.7 Å². The van der Waals surface area contributed by atoms with Gasteiger partial charge in [-0.2, -0.15) is 0 Å². The summed E-state index contributed by atoms with van der Waals surface area (Å²) in [6.45, 7) is 3.78. The topological polar surface area (TPSA) is 59.3 Å². The van der Waals surface area contributed by atoms with E-state index < -0.39 is 5.97 Å². The molecule has 1 aromatic carbocycles. The van der Waals surface area contributed by atoms with Gasteiger partial charge in [-0.05, 0) is 32.0 Å². The number of nitrogens with zero attached hydrogens (tertiary/aromatic N) is 1.